The van der Waals surface area contributed by atoms with Gasteiger partial charge < -0.3 is 19.1 Å². The van der Waals surface area contributed by atoms with Crippen molar-refractivity contribution in [3.05, 3.63) is 234 Å². The number of aryl methyl sites for hydroxylation is 2. The zero-order chi connectivity index (χ0) is 57.7. The summed E-state index contributed by atoms with van der Waals surface area (Å²) in [5.74, 6) is 1.16. The van der Waals surface area contributed by atoms with Crippen LogP contribution in [-0.2, 0) is 12.8 Å². The summed E-state index contributed by atoms with van der Waals surface area (Å²) in [6, 6.07) is 74.8. The molecule has 12 aromatic carbocycles. The summed E-state index contributed by atoms with van der Waals surface area (Å²) in [5, 5.41) is 15.9. The van der Waals surface area contributed by atoms with Crippen LogP contribution in [-0.4, -0.2) is 0 Å². The summed E-state index contributed by atoms with van der Waals surface area (Å²) < 4.78 is 14.8. The lowest BCUT2D eigenvalue weighted by Crippen LogP contribution is -2.12. The largest absolute Gasteiger partial charge is 0.453 e. The van der Waals surface area contributed by atoms with Gasteiger partial charge in [-0.1, -0.05) is 221 Å². The lowest BCUT2D eigenvalue weighted by Gasteiger charge is -2.30. The van der Waals surface area contributed by atoms with Crippen LogP contribution in [0.25, 0.3) is 110 Å². The molecular weight excluding hydrogens is 1020 g/mol. The molecule has 0 saturated carbocycles. The van der Waals surface area contributed by atoms with Crippen LogP contribution in [0.5, 0.6) is 0 Å². The molecule has 0 spiro atoms. The summed E-state index contributed by atoms with van der Waals surface area (Å²) in [7, 11) is 0. The molecule has 0 aliphatic heterocycles. The monoisotopic (exact) mass is 1090 g/mol. The van der Waals surface area contributed by atoms with Crippen molar-refractivity contribution in [2.45, 2.75) is 106 Å². The molecule has 4 heteroatoms. The standard InChI is InChI=1S/C80H72N2O2/c1-11-50-22-17-24-52(42-50)81-76-61(39-40-67-65-33-20-31-63(78(65)84-80(67)76)58-29-16-14-27-55(58)47(5)6)70-44-71-69(49(9)10)45-73(68-41-38-59-56(48(7)8)36-37-60(70)74(59)75(68)71)82(53-25-18-23-51(12-2)43-53)72-35-21-34-66-64-32-19-30-62(77(64)83-79(66)72)57-28-15-13-26-54(57)46(3)4/h13-49,81H,11-12H2,1-10H3. The fourth-order valence-electron chi connectivity index (χ4n) is 13.8. The van der Waals surface area contributed by atoms with Crippen LogP contribution in [0.15, 0.2) is 209 Å². The minimum atomic E-state index is 0.166. The number of fused-ring (bicyclic) bond motifs is 6. The molecule has 14 aromatic rings. The van der Waals surface area contributed by atoms with E-state index in [1.807, 2.05) is 0 Å². The van der Waals surface area contributed by atoms with Crippen LogP contribution < -0.4 is 10.2 Å². The number of hydrogen-bond acceptors (Lipinski definition) is 4. The first kappa shape index (κ1) is 52.9. The zero-order valence-electron chi connectivity index (χ0n) is 50.0. The highest BCUT2D eigenvalue weighted by atomic mass is 16.3. The molecule has 0 aliphatic rings. The molecule has 0 amide bonds. The molecule has 0 bridgehead atoms. The summed E-state index contributed by atoms with van der Waals surface area (Å²) in [5.41, 5.74) is 23.4. The molecule has 414 valence electrons. The molecule has 0 fully saturated rings. The molecule has 84 heavy (non-hydrogen) atoms. The third kappa shape index (κ3) is 8.55. The van der Waals surface area contributed by atoms with E-state index in [1.165, 1.54) is 82.4 Å². The average Bonchev–Trinajstić information content (AvgIpc) is 2.07. The number of nitrogens with one attached hydrogen (secondary N) is 1. The molecule has 0 atom stereocenters. The van der Waals surface area contributed by atoms with Gasteiger partial charge in [0.15, 0.2) is 11.2 Å². The van der Waals surface area contributed by atoms with Crippen molar-refractivity contribution < 1.29 is 8.83 Å². The Balaban J connectivity index is 1.06. The molecule has 4 nitrogen and oxygen atoms in total. The first-order valence-electron chi connectivity index (χ1n) is 30.5. The molecular formula is C80H72N2O2. The highest BCUT2D eigenvalue weighted by molar-refractivity contribution is 6.31. The van der Waals surface area contributed by atoms with Gasteiger partial charge in [0.1, 0.15) is 11.2 Å². The predicted octanol–water partition coefficient (Wildman–Crippen LogP) is 24.2. The van der Waals surface area contributed by atoms with Gasteiger partial charge in [-0.25, -0.2) is 0 Å². The maximum absolute atomic E-state index is 7.41. The van der Waals surface area contributed by atoms with E-state index in [-0.39, 0.29) is 5.92 Å². The number of para-hydroxylation sites is 3. The van der Waals surface area contributed by atoms with E-state index >= 15 is 0 Å². The van der Waals surface area contributed by atoms with Crippen LogP contribution in [0.3, 0.4) is 0 Å². The van der Waals surface area contributed by atoms with Gasteiger partial charge in [0.05, 0.1) is 17.1 Å². The van der Waals surface area contributed by atoms with Crippen molar-refractivity contribution in [1.82, 2.24) is 0 Å². The minimum Gasteiger partial charge on any atom is -0.453 e. The summed E-state index contributed by atoms with van der Waals surface area (Å²) >= 11 is 0. The van der Waals surface area contributed by atoms with Gasteiger partial charge in [0, 0.05) is 55.0 Å². The van der Waals surface area contributed by atoms with E-state index in [0.29, 0.717) is 17.8 Å². The van der Waals surface area contributed by atoms with Gasteiger partial charge in [-0.15, -0.1) is 0 Å². The van der Waals surface area contributed by atoms with Gasteiger partial charge in [-0.05, 0) is 162 Å². The quantitative estimate of drug-likeness (QED) is 0.110. The molecule has 14 rings (SSSR count). The molecule has 1 N–H and O–H groups in total. The Bertz CT molecular complexity index is 4870. The number of hydrogen-bond donors (Lipinski definition) is 1. The molecule has 0 aliphatic carbocycles. The van der Waals surface area contributed by atoms with E-state index in [9.17, 15) is 0 Å². The van der Waals surface area contributed by atoms with Gasteiger partial charge in [-0.2, -0.15) is 0 Å². The average molecular weight is 1090 g/mol. The Morgan fingerprint density at radius 3 is 1.49 bits per heavy atom. The third-order valence-corrected chi connectivity index (χ3v) is 18.1. The fraction of sp³-hybridized carbons (Fsp3) is 0.200. The van der Waals surface area contributed by atoms with Gasteiger partial charge in [0.2, 0.25) is 0 Å². The Morgan fingerprint density at radius 2 is 0.845 bits per heavy atom. The second-order valence-electron chi connectivity index (χ2n) is 24.5. The van der Waals surface area contributed by atoms with E-state index in [0.717, 1.165) is 102 Å². The normalized spacial score (nSPS) is 12.2. The topological polar surface area (TPSA) is 41.5 Å². The maximum Gasteiger partial charge on any atom is 0.159 e. The number of furan rings is 2. The molecule has 2 heterocycles. The van der Waals surface area contributed by atoms with E-state index in [1.54, 1.807) is 0 Å². The minimum absolute atomic E-state index is 0.166. The summed E-state index contributed by atoms with van der Waals surface area (Å²) in [6.45, 7) is 22.9. The summed E-state index contributed by atoms with van der Waals surface area (Å²) in [6.07, 6.45) is 1.85. The smallest absolute Gasteiger partial charge is 0.159 e. The van der Waals surface area contributed by atoms with Crippen molar-refractivity contribution in [3.63, 3.8) is 0 Å². The van der Waals surface area contributed by atoms with Crippen molar-refractivity contribution in [3.8, 4) is 33.4 Å². The second-order valence-corrected chi connectivity index (χ2v) is 24.5. The van der Waals surface area contributed by atoms with Crippen LogP contribution in [0.1, 0.15) is 126 Å². The zero-order valence-corrected chi connectivity index (χ0v) is 50.0. The van der Waals surface area contributed by atoms with Crippen molar-refractivity contribution in [2.75, 3.05) is 10.2 Å². The predicted molar refractivity (Wildman–Crippen MR) is 361 cm³/mol. The Hall–Kier alpha value is -9.12. The van der Waals surface area contributed by atoms with Crippen molar-refractivity contribution in [1.29, 1.82) is 0 Å². The number of nitrogens with zero attached hydrogens (tertiary/aromatic N) is 1. The number of rotatable bonds is 14. The van der Waals surface area contributed by atoms with Crippen molar-refractivity contribution in [2.24, 2.45) is 0 Å². The van der Waals surface area contributed by atoms with E-state index in [4.69, 9.17) is 8.83 Å². The highest BCUT2D eigenvalue weighted by Crippen LogP contribution is 2.54. The third-order valence-electron chi connectivity index (χ3n) is 18.1. The maximum atomic E-state index is 7.41. The lowest BCUT2D eigenvalue weighted by molar-refractivity contribution is 0.670. The molecule has 0 radical (unpaired) electrons. The fourth-order valence-corrected chi connectivity index (χ4v) is 13.8. The molecule has 0 saturated heterocycles. The van der Waals surface area contributed by atoms with E-state index < -0.39 is 0 Å². The van der Waals surface area contributed by atoms with Crippen LogP contribution in [0.4, 0.5) is 28.4 Å². The molecule has 0 unspecified atom stereocenters. The Labute approximate surface area is 493 Å². The van der Waals surface area contributed by atoms with Crippen LogP contribution in [0.2, 0.25) is 0 Å². The Kier molecular flexibility index (Phi) is 13.2. The van der Waals surface area contributed by atoms with Crippen molar-refractivity contribution >= 4 is 105 Å². The van der Waals surface area contributed by atoms with Gasteiger partial charge in [0.25, 0.3) is 0 Å². The second kappa shape index (κ2) is 20.9. The van der Waals surface area contributed by atoms with Gasteiger partial charge in [-0.3, -0.25) is 0 Å². The van der Waals surface area contributed by atoms with Gasteiger partial charge >= 0.3 is 0 Å². The number of benzene rings is 12. The first-order valence-corrected chi connectivity index (χ1v) is 30.5. The van der Waals surface area contributed by atoms with E-state index in [2.05, 4.69) is 280 Å². The number of anilines is 5. The first-order chi connectivity index (χ1) is 40.9. The summed E-state index contributed by atoms with van der Waals surface area (Å²) in [4.78, 5) is 2.50. The van der Waals surface area contributed by atoms with Crippen LogP contribution >= 0.6 is 0 Å². The SMILES string of the molecule is CCc1cccc(Nc2c(-c3cc4c(C(C)C)cc(N(c5cccc(CC)c5)c5cccc6c5oc5c(-c7ccccc7C(C)C)cccc56)c5ccc6c(C(C)C)ccc3c6c45)ccc3c2oc2c(-c4ccccc4C(C)C)cccc23)c1. The lowest BCUT2D eigenvalue weighted by atomic mass is 9.82. The Morgan fingerprint density at radius 1 is 0.333 bits per heavy atom. The molecule has 2 aromatic heterocycles. The highest BCUT2D eigenvalue weighted by Gasteiger charge is 2.29. The van der Waals surface area contributed by atoms with Crippen LogP contribution in [0, 0.1) is 0 Å².